The zero-order valence-electron chi connectivity index (χ0n) is 14.8. The minimum absolute atomic E-state index is 0. The Morgan fingerprint density at radius 1 is 1.12 bits per heavy atom. The van der Waals surface area contributed by atoms with Crippen LogP contribution in [0.1, 0.15) is 25.0 Å². The quantitative estimate of drug-likeness (QED) is 0.262. The molecular formula is C17H27F3IN3O. The van der Waals surface area contributed by atoms with E-state index in [-0.39, 0.29) is 24.0 Å². The van der Waals surface area contributed by atoms with E-state index >= 15 is 0 Å². The second-order valence-electron chi connectivity index (χ2n) is 5.84. The van der Waals surface area contributed by atoms with E-state index in [2.05, 4.69) is 29.5 Å². The van der Waals surface area contributed by atoms with Gasteiger partial charge in [0.2, 0.25) is 0 Å². The summed E-state index contributed by atoms with van der Waals surface area (Å²) in [5.74, 6) is 1.15. The molecule has 0 saturated heterocycles. The number of halogens is 4. The highest BCUT2D eigenvalue weighted by atomic mass is 127. The summed E-state index contributed by atoms with van der Waals surface area (Å²) < 4.78 is 42.9. The molecule has 1 rings (SSSR count). The normalized spacial score (nSPS) is 12.0. The second-order valence-corrected chi connectivity index (χ2v) is 5.84. The fraction of sp³-hybridized carbons (Fsp3) is 0.588. The molecule has 2 N–H and O–H groups in total. The van der Waals surface area contributed by atoms with Gasteiger partial charge in [-0.2, -0.15) is 13.2 Å². The van der Waals surface area contributed by atoms with Gasteiger partial charge < -0.3 is 15.4 Å². The number of alkyl halides is 3. The summed E-state index contributed by atoms with van der Waals surface area (Å²) in [5, 5.41) is 6.25. The molecule has 0 atom stereocenters. The van der Waals surface area contributed by atoms with E-state index in [9.17, 15) is 13.2 Å². The van der Waals surface area contributed by atoms with Crippen LogP contribution in [0.15, 0.2) is 29.3 Å². The molecule has 0 bridgehead atoms. The predicted octanol–water partition coefficient (Wildman–Crippen LogP) is 3.70. The van der Waals surface area contributed by atoms with Crippen LogP contribution >= 0.6 is 24.0 Å². The van der Waals surface area contributed by atoms with E-state index in [0.717, 1.165) is 24.3 Å². The van der Waals surface area contributed by atoms with Crippen LogP contribution in [-0.4, -0.2) is 39.3 Å². The third-order valence-electron chi connectivity index (χ3n) is 3.20. The Bertz CT molecular complexity index is 505. The standard InChI is InChI=1S/C17H26F3N3O.HI/c1-13(2)12-24-11-10-23-16(21-3)22-9-8-14-4-6-15(7-5-14)17(18,19)20;/h4-7,13H,8-12H2,1-3H3,(H2,21,22,23);1H. The number of benzene rings is 1. The molecule has 0 spiro atoms. The maximum Gasteiger partial charge on any atom is 0.416 e. The summed E-state index contributed by atoms with van der Waals surface area (Å²) >= 11 is 0. The maximum absolute atomic E-state index is 12.5. The van der Waals surface area contributed by atoms with Gasteiger partial charge in [-0.15, -0.1) is 24.0 Å². The maximum atomic E-state index is 12.5. The predicted molar refractivity (Wildman–Crippen MR) is 106 cm³/mol. The number of hydrogen-bond donors (Lipinski definition) is 2. The topological polar surface area (TPSA) is 45.7 Å². The first-order chi connectivity index (χ1) is 11.3. The summed E-state index contributed by atoms with van der Waals surface area (Å²) in [4.78, 5) is 4.09. The largest absolute Gasteiger partial charge is 0.416 e. The van der Waals surface area contributed by atoms with Gasteiger partial charge in [0.1, 0.15) is 0 Å². The average Bonchev–Trinajstić information content (AvgIpc) is 2.52. The van der Waals surface area contributed by atoms with Gasteiger partial charge in [-0.1, -0.05) is 26.0 Å². The summed E-state index contributed by atoms with van der Waals surface area (Å²) in [7, 11) is 1.67. The molecule has 0 heterocycles. The molecular weight excluding hydrogens is 446 g/mol. The first kappa shape index (κ1) is 24.0. The Balaban J connectivity index is 0.00000576. The number of nitrogens with zero attached hydrogens (tertiary/aromatic N) is 1. The van der Waals surface area contributed by atoms with Crippen molar-refractivity contribution in [3.05, 3.63) is 35.4 Å². The van der Waals surface area contributed by atoms with Crippen molar-refractivity contribution in [1.82, 2.24) is 10.6 Å². The first-order valence-electron chi connectivity index (χ1n) is 8.01. The lowest BCUT2D eigenvalue weighted by Gasteiger charge is -2.13. The van der Waals surface area contributed by atoms with Crippen molar-refractivity contribution in [2.24, 2.45) is 10.9 Å². The van der Waals surface area contributed by atoms with Gasteiger partial charge in [-0.05, 0) is 30.0 Å². The second kappa shape index (κ2) is 12.3. The van der Waals surface area contributed by atoms with Crippen LogP contribution in [0.4, 0.5) is 13.2 Å². The fourth-order valence-corrected chi connectivity index (χ4v) is 1.97. The summed E-state index contributed by atoms with van der Waals surface area (Å²) in [6, 6.07) is 5.21. The van der Waals surface area contributed by atoms with E-state index < -0.39 is 11.7 Å². The molecule has 0 fully saturated rings. The van der Waals surface area contributed by atoms with Crippen molar-refractivity contribution in [3.8, 4) is 0 Å². The molecule has 25 heavy (non-hydrogen) atoms. The molecule has 4 nitrogen and oxygen atoms in total. The van der Waals surface area contributed by atoms with Gasteiger partial charge in [0.15, 0.2) is 5.96 Å². The van der Waals surface area contributed by atoms with Gasteiger partial charge in [-0.3, -0.25) is 4.99 Å². The highest BCUT2D eigenvalue weighted by Gasteiger charge is 2.29. The third-order valence-corrected chi connectivity index (χ3v) is 3.20. The lowest BCUT2D eigenvalue weighted by molar-refractivity contribution is -0.137. The van der Waals surface area contributed by atoms with Crippen molar-refractivity contribution in [2.75, 3.05) is 33.4 Å². The fourth-order valence-electron chi connectivity index (χ4n) is 1.97. The van der Waals surface area contributed by atoms with Crippen molar-refractivity contribution in [1.29, 1.82) is 0 Å². The van der Waals surface area contributed by atoms with Crippen molar-refractivity contribution in [2.45, 2.75) is 26.4 Å². The van der Waals surface area contributed by atoms with Gasteiger partial charge in [0.25, 0.3) is 0 Å². The highest BCUT2D eigenvalue weighted by molar-refractivity contribution is 14.0. The SMILES string of the molecule is CN=C(NCCOCC(C)C)NCCc1ccc(C(F)(F)F)cc1.I. The van der Waals surface area contributed by atoms with Crippen LogP contribution in [0.25, 0.3) is 0 Å². The van der Waals surface area contributed by atoms with Crippen LogP contribution in [0.3, 0.4) is 0 Å². The van der Waals surface area contributed by atoms with E-state index in [0.29, 0.717) is 38.0 Å². The summed E-state index contributed by atoms with van der Waals surface area (Å²) in [6.45, 7) is 6.73. The van der Waals surface area contributed by atoms with Crippen LogP contribution in [0.2, 0.25) is 0 Å². The lowest BCUT2D eigenvalue weighted by Crippen LogP contribution is -2.39. The Labute approximate surface area is 164 Å². The van der Waals surface area contributed by atoms with Gasteiger partial charge in [0, 0.05) is 26.7 Å². The zero-order valence-corrected chi connectivity index (χ0v) is 17.2. The zero-order chi connectivity index (χ0) is 18.0. The van der Waals surface area contributed by atoms with Crippen molar-refractivity contribution in [3.63, 3.8) is 0 Å². The molecule has 0 aliphatic rings. The molecule has 0 aliphatic carbocycles. The van der Waals surface area contributed by atoms with Crippen LogP contribution in [0.5, 0.6) is 0 Å². The molecule has 144 valence electrons. The van der Waals surface area contributed by atoms with E-state index in [1.807, 2.05) is 0 Å². The highest BCUT2D eigenvalue weighted by Crippen LogP contribution is 2.29. The number of hydrogen-bond acceptors (Lipinski definition) is 2. The number of rotatable bonds is 8. The van der Waals surface area contributed by atoms with E-state index in [1.54, 1.807) is 7.05 Å². The third kappa shape index (κ3) is 10.5. The molecule has 0 aliphatic heterocycles. The Morgan fingerprint density at radius 3 is 2.24 bits per heavy atom. The van der Waals surface area contributed by atoms with E-state index in [4.69, 9.17) is 4.74 Å². The van der Waals surface area contributed by atoms with Crippen molar-refractivity contribution < 1.29 is 17.9 Å². The molecule has 0 aromatic heterocycles. The van der Waals surface area contributed by atoms with Crippen molar-refractivity contribution >= 4 is 29.9 Å². The van der Waals surface area contributed by atoms with E-state index in [1.165, 1.54) is 12.1 Å². The summed E-state index contributed by atoms with van der Waals surface area (Å²) in [6.07, 6.45) is -3.68. The van der Waals surface area contributed by atoms with Crippen LogP contribution in [0, 0.1) is 5.92 Å². The molecule has 0 radical (unpaired) electrons. The number of guanidine groups is 1. The number of aliphatic imine (C=N–C) groups is 1. The molecule has 0 unspecified atom stereocenters. The smallest absolute Gasteiger partial charge is 0.379 e. The Hall–Kier alpha value is -1.03. The molecule has 0 amide bonds. The average molecular weight is 473 g/mol. The lowest BCUT2D eigenvalue weighted by atomic mass is 10.1. The molecule has 0 saturated carbocycles. The first-order valence-corrected chi connectivity index (χ1v) is 8.01. The Morgan fingerprint density at radius 2 is 1.72 bits per heavy atom. The van der Waals surface area contributed by atoms with Crippen LogP contribution in [-0.2, 0) is 17.3 Å². The van der Waals surface area contributed by atoms with Gasteiger partial charge >= 0.3 is 6.18 Å². The summed E-state index contributed by atoms with van der Waals surface area (Å²) in [5.41, 5.74) is 0.212. The van der Waals surface area contributed by atoms with Gasteiger partial charge in [0.05, 0.1) is 12.2 Å². The minimum atomic E-state index is -4.29. The number of ether oxygens (including phenoxy) is 1. The molecule has 1 aromatic rings. The minimum Gasteiger partial charge on any atom is -0.379 e. The van der Waals surface area contributed by atoms with Crippen LogP contribution < -0.4 is 10.6 Å². The Kier molecular flexibility index (Phi) is 11.8. The van der Waals surface area contributed by atoms with Gasteiger partial charge in [-0.25, -0.2) is 0 Å². The number of nitrogens with one attached hydrogen (secondary N) is 2. The monoisotopic (exact) mass is 473 g/mol. The molecule has 8 heteroatoms. The molecule has 1 aromatic carbocycles.